The summed E-state index contributed by atoms with van der Waals surface area (Å²) in [5, 5.41) is 18.6. The zero-order chi connectivity index (χ0) is 15.1. The molecule has 2 aromatic carbocycles. The summed E-state index contributed by atoms with van der Waals surface area (Å²) >= 11 is 0. The number of ether oxygens (including phenoxy) is 1. The van der Waals surface area contributed by atoms with Gasteiger partial charge in [-0.15, -0.1) is 0 Å². The molecule has 0 spiro atoms. The van der Waals surface area contributed by atoms with Gasteiger partial charge in [0.15, 0.2) is 0 Å². The highest BCUT2D eigenvalue weighted by Gasteiger charge is 2.20. The van der Waals surface area contributed by atoms with Crippen molar-refractivity contribution >= 4 is 12.0 Å². The molecule has 2 rings (SSSR count). The first kappa shape index (κ1) is 14.8. The van der Waals surface area contributed by atoms with E-state index >= 15 is 0 Å². The summed E-state index contributed by atoms with van der Waals surface area (Å²) in [6.45, 7) is -0.358. The van der Waals surface area contributed by atoms with Crippen molar-refractivity contribution in [3.05, 3.63) is 72.0 Å². The average molecular weight is 284 g/mol. The van der Waals surface area contributed by atoms with E-state index in [1.807, 2.05) is 30.3 Å². The van der Waals surface area contributed by atoms with E-state index in [0.29, 0.717) is 5.56 Å². The molecule has 0 bridgehead atoms. The quantitative estimate of drug-likeness (QED) is 0.654. The SMILES string of the molecule is O=C(OC=Cc1ccccc1)C(CO)c1ccc(O)cc1. The first-order chi connectivity index (χ1) is 10.2. The zero-order valence-corrected chi connectivity index (χ0v) is 11.3. The van der Waals surface area contributed by atoms with Crippen molar-refractivity contribution in [2.45, 2.75) is 5.92 Å². The van der Waals surface area contributed by atoms with Crippen molar-refractivity contribution in [3.63, 3.8) is 0 Å². The molecule has 1 unspecified atom stereocenters. The molecule has 2 aromatic rings. The lowest BCUT2D eigenvalue weighted by Crippen LogP contribution is -2.17. The van der Waals surface area contributed by atoms with E-state index in [2.05, 4.69) is 0 Å². The summed E-state index contributed by atoms with van der Waals surface area (Å²) in [5.41, 5.74) is 1.50. The number of aromatic hydroxyl groups is 1. The Hall–Kier alpha value is -2.59. The number of benzene rings is 2. The molecule has 0 saturated carbocycles. The fraction of sp³-hybridized carbons (Fsp3) is 0.118. The Morgan fingerprint density at radius 3 is 2.38 bits per heavy atom. The number of aliphatic hydroxyl groups is 1. The van der Waals surface area contributed by atoms with E-state index in [-0.39, 0.29) is 12.4 Å². The predicted octanol–water partition coefficient (Wildman–Crippen LogP) is 2.68. The Bertz CT molecular complexity index is 602. The molecule has 0 aliphatic rings. The van der Waals surface area contributed by atoms with Crippen LogP contribution in [-0.2, 0) is 9.53 Å². The maximum Gasteiger partial charge on any atom is 0.320 e. The topological polar surface area (TPSA) is 66.8 Å². The van der Waals surface area contributed by atoms with E-state index in [9.17, 15) is 15.0 Å². The van der Waals surface area contributed by atoms with Crippen molar-refractivity contribution in [2.24, 2.45) is 0 Å². The van der Waals surface area contributed by atoms with Gasteiger partial charge in [-0.2, -0.15) is 0 Å². The molecule has 0 aliphatic heterocycles. The number of phenolic OH excluding ortho intramolecular Hbond substituents is 1. The molecule has 0 amide bonds. The lowest BCUT2D eigenvalue weighted by Gasteiger charge is -2.12. The van der Waals surface area contributed by atoms with Gasteiger partial charge in [0, 0.05) is 0 Å². The molecule has 0 heterocycles. The first-order valence-electron chi connectivity index (χ1n) is 6.52. The number of hydrogen-bond donors (Lipinski definition) is 2. The average Bonchev–Trinajstić information content (AvgIpc) is 2.51. The minimum Gasteiger partial charge on any atom is -0.508 e. The molecule has 0 saturated heterocycles. The second-order valence-corrected chi connectivity index (χ2v) is 4.48. The Morgan fingerprint density at radius 1 is 1.10 bits per heavy atom. The van der Waals surface area contributed by atoms with Crippen molar-refractivity contribution in [3.8, 4) is 5.75 Å². The number of carbonyl (C=O) groups excluding carboxylic acids is 1. The van der Waals surface area contributed by atoms with E-state index < -0.39 is 11.9 Å². The third-order valence-corrected chi connectivity index (χ3v) is 3.01. The maximum absolute atomic E-state index is 12.0. The van der Waals surface area contributed by atoms with Gasteiger partial charge >= 0.3 is 5.97 Å². The molecule has 1 atom stereocenters. The van der Waals surface area contributed by atoms with Gasteiger partial charge in [0.25, 0.3) is 0 Å². The summed E-state index contributed by atoms with van der Waals surface area (Å²) in [6.07, 6.45) is 2.98. The number of carbonyl (C=O) groups is 1. The van der Waals surface area contributed by atoms with Crippen molar-refractivity contribution in [2.75, 3.05) is 6.61 Å². The summed E-state index contributed by atoms with van der Waals surface area (Å²) in [5.74, 6) is -1.21. The molecular formula is C17H16O4. The molecule has 2 N–H and O–H groups in total. The van der Waals surface area contributed by atoms with Crippen LogP contribution in [0.5, 0.6) is 5.75 Å². The minimum atomic E-state index is -0.772. The second kappa shape index (κ2) is 7.26. The van der Waals surface area contributed by atoms with Crippen LogP contribution in [0.1, 0.15) is 17.0 Å². The van der Waals surface area contributed by atoms with Gasteiger partial charge in [0.1, 0.15) is 11.7 Å². The molecule has 21 heavy (non-hydrogen) atoms. The van der Waals surface area contributed by atoms with Gasteiger partial charge in [-0.3, -0.25) is 4.79 Å². The highest BCUT2D eigenvalue weighted by Crippen LogP contribution is 2.20. The highest BCUT2D eigenvalue weighted by molar-refractivity contribution is 5.79. The van der Waals surface area contributed by atoms with E-state index in [0.717, 1.165) is 5.56 Å². The number of esters is 1. The van der Waals surface area contributed by atoms with Crippen LogP contribution >= 0.6 is 0 Å². The predicted molar refractivity (Wildman–Crippen MR) is 79.5 cm³/mol. The van der Waals surface area contributed by atoms with Gasteiger partial charge in [0.2, 0.25) is 0 Å². The van der Waals surface area contributed by atoms with E-state index in [1.54, 1.807) is 18.2 Å². The van der Waals surface area contributed by atoms with Crippen LogP contribution in [0.25, 0.3) is 6.08 Å². The van der Waals surface area contributed by atoms with Gasteiger partial charge < -0.3 is 14.9 Å². The lowest BCUT2D eigenvalue weighted by molar-refractivity contribution is -0.140. The van der Waals surface area contributed by atoms with E-state index in [4.69, 9.17) is 4.74 Å². The minimum absolute atomic E-state index is 0.104. The Kier molecular flexibility index (Phi) is 5.12. The lowest BCUT2D eigenvalue weighted by atomic mass is 10.0. The van der Waals surface area contributed by atoms with Gasteiger partial charge in [-0.05, 0) is 29.3 Å². The molecular weight excluding hydrogens is 268 g/mol. The molecule has 0 aromatic heterocycles. The monoisotopic (exact) mass is 284 g/mol. The Labute approximate surface area is 122 Å². The normalized spacial score (nSPS) is 12.2. The molecule has 4 nitrogen and oxygen atoms in total. The molecule has 108 valence electrons. The number of phenols is 1. The van der Waals surface area contributed by atoms with Crippen molar-refractivity contribution in [1.82, 2.24) is 0 Å². The van der Waals surface area contributed by atoms with Crippen molar-refractivity contribution < 1.29 is 19.7 Å². The van der Waals surface area contributed by atoms with Crippen LogP contribution in [0.4, 0.5) is 0 Å². The summed E-state index contributed by atoms with van der Waals surface area (Å²) in [4.78, 5) is 12.0. The number of aliphatic hydroxyl groups excluding tert-OH is 1. The zero-order valence-electron chi connectivity index (χ0n) is 11.3. The largest absolute Gasteiger partial charge is 0.508 e. The van der Waals surface area contributed by atoms with Crippen LogP contribution in [-0.4, -0.2) is 22.8 Å². The van der Waals surface area contributed by atoms with Crippen LogP contribution in [0.2, 0.25) is 0 Å². The fourth-order valence-corrected chi connectivity index (χ4v) is 1.85. The Balaban J connectivity index is 2.00. The third-order valence-electron chi connectivity index (χ3n) is 3.01. The first-order valence-corrected chi connectivity index (χ1v) is 6.52. The van der Waals surface area contributed by atoms with Crippen LogP contribution in [0.3, 0.4) is 0 Å². The van der Waals surface area contributed by atoms with Crippen molar-refractivity contribution in [1.29, 1.82) is 0 Å². The molecule has 0 fully saturated rings. The van der Waals surface area contributed by atoms with Crippen LogP contribution in [0.15, 0.2) is 60.9 Å². The van der Waals surface area contributed by atoms with Gasteiger partial charge in [-0.1, -0.05) is 42.5 Å². The van der Waals surface area contributed by atoms with Gasteiger partial charge in [0.05, 0.1) is 12.9 Å². The standard InChI is InChI=1S/C17H16O4/c18-12-16(14-6-8-15(19)9-7-14)17(20)21-11-10-13-4-2-1-3-5-13/h1-11,16,18-19H,12H2. The molecule has 4 heteroatoms. The Morgan fingerprint density at radius 2 is 1.76 bits per heavy atom. The number of hydrogen-bond acceptors (Lipinski definition) is 4. The molecule has 0 radical (unpaired) electrons. The summed E-state index contributed by atoms with van der Waals surface area (Å²) in [7, 11) is 0. The maximum atomic E-state index is 12.0. The summed E-state index contributed by atoms with van der Waals surface area (Å²) in [6, 6.07) is 15.5. The highest BCUT2D eigenvalue weighted by atomic mass is 16.5. The van der Waals surface area contributed by atoms with Crippen LogP contribution in [0, 0.1) is 0 Å². The fourth-order valence-electron chi connectivity index (χ4n) is 1.85. The molecule has 0 aliphatic carbocycles. The smallest absolute Gasteiger partial charge is 0.320 e. The number of rotatable bonds is 5. The van der Waals surface area contributed by atoms with Crippen LogP contribution < -0.4 is 0 Å². The summed E-state index contributed by atoms with van der Waals surface area (Å²) < 4.78 is 5.04. The van der Waals surface area contributed by atoms with Gasteiger partial charge in [-0.25, -0.2) is 0 Å². The third kappa shape index (κ3) is 4.19. The van der Waals surface area contributed by atoms with E-state index in [1.165, 1.54) is 18.4 Å². The second-order valence-electron chi connectivity index (χ2n) is 4.48.